The van der Waals surface area contributed by atoms with Crippen LogP contribution in [0.3, 0.4) is 0 Å². The zero-order valence-electron chi connectivity index (χ0n) is 15.9. The molecule has 0 heterocycles. The maximum atomic E-state index is 13.1. The molecular formula is C21H25O5P. The molecule has 27 heavy (non-hydrogen) atoms. The van der Waals surface area contributed by atoms with Gasteiger partial charge in [0, 0.05) is 0 Å². The number of carbonyl (C=O) groups is 1. The summed E-state index contributed by atoms with van der Waals surface area (Å²) in [4.78, 5) is 12.4. The SMILES string of the molecule is CCOC(=O)/C(=C\c1ccc(-c2ccccc2)cc1)P(=O)(OCC)OCC. The lowest BCUT2D eigenvalue weighted by atomic mass is 10.0. The average Bonchev–Trinajstić information content (AvgIpc) is 2.68. The van der Waals surface area contributed by atoms with E-state index in [1.807, 2.05) is 54.6 Å². The van der Waals surface area contributed by atoms with Gasteiger partial charge < -0.3 is 13.8 Å². The zero-order valence-corrected chi connectivity index (χ0v) is 16.8. The van der Waals surface area contributed by atoms with E-state index >= 15 is 0 Å². The lowest BCUT2D eigenvalue weighted by Gasteiger charge is -2.19. The summed E-state index contributed by atoms with van der Waals surface area (Å²) in [5, 5.41) is -0.0967. The molecule has 6 heteroatoms. The minimum Gasteiger partial charge on any atom is -0.462 e. The first kappa shape index (κ1) is 21.1. The molecular weight excluding hydrogens is 363 g/mol. The monoisotopic (exact) mass is 388 g/mol. The normalized spacial score (nSPS) is 12.0. The third-order valence-corrected chi connectivity index (χ3v) is 5.80. The van der Waals surface area contributed by atoms with Crippen LogP contribution in [-0.4, -0.2) is 25.8 Å². The van der Waals surface area contributed by atoms with Crippen LogP contribution in [0.1, 0.15) is 26.3 Å². The molecule has 0 atom stereocenters. The first-order chi connectivity index (χ1) is 13.0. The number of ether oxygens (including phenoxy) is 1. The number of hydrogen-bond acceptors (Lipinski definition) is 5. The van der Waals surface area contributed by atoms with Crippen LogP contribution in [0.5, 0.6) is 0 Å². The Labute approximate surface area is 160 Å². The molecule has 2 rings (SSSR count). The number of rotatable bonds is 9. The van der Waals surface area contributed by atoms with Gasteiger partial charge in [0.25, 0.3) is 0 Å². The highest BCUT2D eigenvalue weighted by Crippen LogP contribution is 2.57. The first-order valence-electron chi connectivity index (χ1n) is 8.98. The van der Waals surface area contributed by atoms with Crippen molar-refractivity contribution in [3.05, 3.63) is 65.5 Å². The van der Waals surface area contributed by atoms with Crippen molar-refractivity contribution in [3.63, 3.8) is 0 Å². The highest BCUT2D eigenvalue weighted by Gasteiger charge is 2.36. The van der Waals surface area contributed by atoms with E-state index in [-0.39, 0.29) is 25.1 Å². The van der Waals surface area contributed by atoms with Crippen LogP contribution in [0, 0.1) is 0 Å². The van der Waals surface area contributed by atoms with Crippen LogP contribution in [-0.2, 0) is 23.1 Å². The van der Waals surface area contributed by atoms with Crippen LogP contribution < -0.4 is 0 Å². The molecule has 0 amide bonds. The second-order valence-corrected chi connectivity index (χ2v) is 7.56. The van der Waals surface area contributed by atoms with Crippen LogP contribution >= 0.6 is 7.60 Å². The first-order valence-corrected chi connectivity index (χ1v) is 10.5. The minimum atomic E-state index is -3.76. The van der Waals surface area contributed by atoms with Crippen molar-refractivity contribution in [1.29, 1.82) is 0 Å². The fourth-order valence-electron chi connectivity index (χ4n) is 2.53. The standard InChI is InChI=1S/C21H25O5P/c1-4-24-21(22)20(27(23,25-5-2)26-6-3)16-17-12-14-19(15-13-17)18-10-8-7-9-11-18/h7-16H,4-6H2,1-3H3/b20-16+. The van der Waals surface area contributed by atoms with Gasteiger partial charge in [-0.05, 0) is 43.5 Å². The summed E-state index contributed by atoms with van der Waals surface area (Å²) in [6, 6.07) is 17.5. The lowest BCUT2D eigenvalue weighted by Crippen LogP contribution is -2.11. The highest BCUT2D eigenvalue weighted by molar-refractivity contribution is 7.60. The third-order valence-electron chi connectivity index (χ3n) is 3.70. The van der Waals surface area contributed by atoms with E-state index in [0.29, 0.717) is 5.56 Å². The molecule has 0 spiro atoms. The topological polar surface area (TPSA) is 61.8 Å². The van der Waals surface area contributed by atoms with Gasteiger partial charge in [0.05, 0.1) is 19.8 Å². The van der Waals surface area contributed by atoms with Gasteiger partial charge in [-0.2, -0.15) is 0 Å². The summed E-state index contributed by atoms with van der Waals surface area (Å²) < 4.78 is 28.8. The molecule has 2 aromatic rings. The summed E-state index contributed by atoms with van der Waals surface area (Å²) in [5.41, 5.74) is 2.84. The summed E-state index contributed by atoms with van der Waals surface area (Å²) >= 11 is 0. The summed E-state index contributed by atoms with van der Waals surface area (Å²) in [5.74, 6) is -0.699. The second kappa shape index (κ2) is 10.2. The predicted octanol–water partition coefficient (Wildman–Crippen LogP) is 5.52. The molecule has 0 radical (unpaired) electrons. The Morgan fingerprint density at radius 2 is 1.41 bits per heavy atom. The zero-order chi connectivity index (χ0) is 19.7. The van der Waals surface area contributed by atoms with Crippen molar-refractivity contribution in [2.24, 2.45) is 0 Å². The molecule has 0 saturated heterocycles. The van der Waals surface area contributed by atoms with Gasteiger partial charge in [0.1, 0.15) is 5.31 Å². The molecule has 0 aliphatic rings. The minimum absolute atomic E-state index is 0.0967. The Balaban J connectivity index is 2.41. The van der Waals surface area contributed by atoms with Crippen molar-refractivity contribution in [2.45, 2.75) is 20.8 Å². The van der Waals surface area contributed by atoms with E-state index in [2.05, 4.69) is 0 Å². The van der Waals surface area contributed by atoms with Crippen LogP contribution in [0.2, 0.25) is 0 Å². The van der Waals surface area contributed by atoms with E-state index < -0.39 is 13.6 Å². The predicted molar refractivity (Wildman–Crippen MR) is 107 cm³/mol. The van der Waals surface area contributed by atoms with E-state index in [9.17, 15) is 9.36 Å². The highest BCUT2D eigenvalue weighted by atomic mass is 31.2. The van der Waals surface area contributed by atoms with Gasteiger partial charge in [-0.3, -0.25) is 4.57 Å². The van der Waals surface area contributed by atoms with Gasteiger partial charge in [-0.25, -0.2) is 4.79 Å². The molecule has 2 aromatic carbocycles. The second-order valence-electron chi connectivity index (χ2n) is 5.57. The Morgan fingerprint density at radius 1 is 0.852 bits per heavy atom. The van der Waals surface area contributed by atoms with Crippen LogP contribution in [0.4, 0.5) is 0 Å². The van der Waals surface area contributed by atoms with Gasteiger partial charge in [0.15, 0.2) is 0 Å². The molecule has 0 aliphatic carbocycles. The van der Waals surface area contributed by atoms with E-state index in [0.717, 1.165) is 11.1 Å². The van der Waals surface area contributed by atoms with Crippen LogP contribution in [0.15, 0.2) is 59.9 Å². The van der Waals surface area contributed by atoms with Gasteiger partial charge in [0.2, 0.25) is 0 Å². The summed E-state index contributed by atoms with van der Waals surface area (Å²) in [6.45, 7) is 5.56. The molecule has 0 aliphatic heterocycles. The molecule has 0 bridgehead atoms. The summed E-state index contributed by atoms with van der Waals surface area (Å²) in [6.07, 6.45) is 1.51. The molecule has 0 N–H and O–H groups in total. The molecule has 0 unspecified atom stereocenters. The van der Waals surface area contributed by atoms with Crippen molar-refractivity contribution in [1.82, 2.24) is 0 Å². The third kappa shape index (κ3) is 5.64. The average molecular weight is 388 g/mol. The molecule has 5 nitrogen and oxygen atoms in total. The molecule has 144 valence electrons. The van der Waals surface area contributed by atoms with Crippen LogP contribution in [0.25, 0.3) is 17.2 Å². The smallest absolute Gasteiger partial charge is 0.368 e. The van der Waals surface area contributed by atoms with Gasteiger partial charge in [-0.15, -0.1) is 0 Å². The lowest BCUT2D eigenvalue weighted by molar-refractivity contribution is -0.137. The Hall–Kier alpha value is -2.20. The van der Waals surface area contributed by atoms with Crippen molar-refractivity contribution < 1.29 is 23.1 Å². The Kier molecular flexibility index (Phi) is 7.99. The Morgan fingerprint density at radius 3 is 1.93 bits per heavy atom. The van der Waals surface area contributed by atoms with Gasteiger partial charge in [-0.1, -0.05) is 54.6 Å². The number of esters is 1. The van der Waals surface area contributed by atoms with E-state index in [1.165, 1.54) is 6.08 Å². The van der Waals surface area contributed by atoms with Crippen molar-refractivity contribution >= 4 is 19.6 Å². The maximum Gasteiger partial charge on any atom is 0.368 e. The van der Waals surface area contributed by atoms with Crippen molar-refractivity contribution in [2.75, 3.05) is 19.8 Å². The molecule has 0 aromatic heterocycles. The number of hydrogen-bond donors (Lipinski definition) is 0. The number of benzene rings is 2. The van der Waals surface area contributed by atoms with Gasteiger partial charge >= 0.3 is 13.6 Å². The van der Waals surface area contributed by atoms with Crippen molar-refractivity contribution in [3.8, 4) is 11.1 Å². The largest absolute Gasteiger partial charge is 0.462 e. The molecule has 0 fully saturated rings. The van der Waals surface area contributed by atoms with E-state index in [4.69, 9.17) is 13.8 Å². The quantitative estimate of drug-likeness (QED) is 0.321. The summed E-state index contributed by atoms with van der Waals surface area (Å²) in [7, 11) is -3.76. The molecule has 0 saturated carbocycles. The number of carbonyl (C=O) groups excluding carboxylic acids is 1. The van der Waals surface area contributed by atoms with E-state index in [1.54, 1.807) is 20.8 Å². The Bertz CT molecular complexity index is 802. The maximum absolute atomic E-state index is 13.1. The fourth-order valence-corrected chi connectivity index (χ4v) is 4.16. The fraction of sp³-hybridized carbons (Fsp3) is 0.286.